The van der Waals surface area contributed by atoms with Crippen molar-refractivity contribution in [3.05, 3.63) is 81.5 Å². The summed E-state index contributed by atoms with van der Waals surface area (Å²) in [5, 5.41) is 10.4. The molecule has 1 saturated heterocycles. The summed E-state index contributed by atoms with van der Waals surface area (Å²) in [7, 11) is 0. The van der Waals surface area contributed by atoms with E-state index in [9.17, 15) is 9.59 Å². The van der Waals surface area contributed by atoms with Crippen LogP contribution in [0, 0.1) is 19.8 Å². The fourth-order valence-electron chi connectivity index (χ4n) is 6.57. The Morgan fingerprint density at radius 3 is 2.87 bits per heavy atom. The lowest BCUT2D eigenvalue weighted by Gasteiger charge is -2.43. The Kier molecular flexibility index (Phi) is 5.73. The molecule has 0 unspecified atom stereocenters. The molecule has 0 saturated carbocycles. The minimum absolute atomic E-state index is 0.0685. The van der Waals surface area contributed by atoms with E-state index in [2.05, 4.69) is 61.6 Å². The van der Waals surface area contributed by atoms with Crippen LogP contribution in [0.25, 0.3) is 21.9 Å². The van der Waals surface area contributed by atoms with Gasteiger partial charge in [-0.2, -0.15) is 0 Å². The number of pyridine rings is 2. The number of carbonyl (C=O) groups excluding carboxylic acids is 1. The van der Waals surface area contributed by atoms with E-state index >= 15 is 0 Å². The van der Waals surface area contributed by atoms with Crippen molar-refractivity contribution in [1.82, 2.24) is 29.0 Å². The van der Waals surface area contributed by atoms with Gasteiger partial charge in [-0.25, -0.2) is 4.98 Å². The van der Waals surface area contributed by atoms with Crippen LogP contribution in [0.3, 0.4) is 0 Å². The molecule has 5 aromatic rings. The lowest BCUT2D eigenvalue weighted by molar-refractivity contribution is 0.0947. The molecule has 1 fully saturated rings. The number of anilines is 1. The first-order valence-corrected chi connectivity index (χ1v) is 14.2. The third kappa shape index (κ3) is 4.01. The molecule has 2 aliphatic rings. The van der Waals surface area contributed by atoms with Crippen molar-refractivity contribution in [3.8, 4) is 0 Å². The molecular weight excluding hydrogens is 510 g/mol. The van der Waals surface area contributed by atoms with Crippen LogP contribution in [0.1, 0.15) is 39.8 Å². The van der Waals surface area contributed by atoms with Crippen LogP contribution in [0.5, 0.6) is 0 Å². The number of piperidine rings is 1. The van der Waals surface area contributed by atoms with Crippen molar-refractivity contribution in [2.24, 2.45) is 5.92 Å². The summed E-state index contributed by atoms with van der Waals surface area (Å²) in [6.45, 7) is 7.42. The van der Waals surface area contributed by atoms with Crippen molar-refractivity contribution >= 4 is 44.4 Å². The van der Waals surface area contributed by atoms with Gasteiger partial charge in [0.25, 0.3) is 11.5 Å². The fourth-order valence-corrected chi connectivity index (χ4v) is 7.25. The van der Waals surface area contributed by atoms with E-state index in [1.165, 1.54) is 22.5 Å². The van der Waals surface area contributed by atoms with Gasteiger partial charge in [-0.15, -0.1) is 5.10 Å². The van der Waals surface area contributed by atoms with Crippen LogP contribution in [-0.2, 0) is 13.1 Å². The quantitative estimate of drug-likeness (QED) is 0.364. The second-order valence-corrected chi connectivity index (χ2v) is 11.5. The molecule has 9 nitrogen and oxygen atoms in total. The molecule has 0 spiro atoms. The Balaban J connectivity index is 1.10. The first kappa shape index (κ1) is 24.0. The molecule has 2 aliphatic heterocycles. The van der Waals surface area contributed by atoms with Gasteiger partial charge in [0.15, 0.2) is 5.69 Å². The van der Waals surface area contributed by atoms with Gasteiger partial charge in [-0.1, -0.05) is 28.8 Å². The predicted octanol–water partition coefficient (Wildman–Crippen LogP) is 3.87. The zero-order valence-corrected chi connectivity index (χ0v) is 22.7. The highest BCUT2D eigenvalue weighted by Crippen LogP contribution is 2.38. The monoisotopic (exact) mass is 539 g/mol. The average Bonchev–Trinajstić information content (AvgIpc) is 3.53. The fraction of sp³-hybridized carbons (Fsp3) is 0.345. The van der Waals surface area contributed by atoms with E-state index in [-0.39, 0.29) is 17.4 Å². The van der Waals surface area contributed by atoms with Gasteiger partial charge in [0, 0.05) is 78.4 Å². The highest BCUT2D eigenvalue weighted by Gasteiger charge is 2.36. The van der Waals surface area contributed by atoms with Crippen LogP contribution < -0.4 is 15.8 Å². The van der Waals surface area contributed by atoms with Gasteiger partial charge in [0.2, 0.25) is 0 Å². The number of hydrogen-bond donors (Lipinski definition) is 1. The summed E-state index contributed by atoms with van der Waals surface area (Å²) in [4.78, 5) is 32.8. The molecule has 7 rings (SSSR count). The number of benzene rings is 1. The van der Waals surface area contributed by atoms with Crippen LogP contribution in [0.15, 0.2) is 53.3 Å². The largest absolute Gasteiger partial charge is 0.359 e. The smallest absolute Gasteiger partial charge is 0.275 e. The van der Waals surface area contributed by atoms with Crippen LogP contribution >= 0.6 is 11.5 Å². The zero-order valence-electron chi connectivity index (χ0n) is 21.9. The highest BCUT2D eigenvalue weighted by atomic mass is 32.1. The Morgan fingerprint density at radius 2 is 1.97 bits per heavy atom. The number of hydrogen-bond acceptors (Lipinski definition) is 7. The van der Waals surface area contributed by atoms with E-state index in [4.69, 9.17) is 4.98 Å². The lowest BCUT2D eigenvalue weighted by atomic mass is 9.83. The SMILES string of the molecule is Cc1cc(C)c2c3ccccc3n(CCNC(=O)c3nnsc3N3C[C@H]4C[C@@H](C3)c3cccc(=O)n3C4)c2n1. The molecule has 0 aliphatic carbocycles. The first-order chi connectivity index (χ1) is 19.0. The summed E-state index contributed by atoms with van der Waals surface area (Å²) in [6.07, 6.45) is 1.06. The highest BCUT2D eigenvalue weighted by molar-refractivity contribution is 7.10. The van der Waals surface area contributed by atoms with E-state index in [1.54, 1.807) is 6.07 Å². The number of aryl methyl sites for hydroxylation is 2. The molecule has 2 atom stereocenters. The van der Waals surface area contributed by atoms with Gasteiger partial charge in [0.05, 0.1) is 5.52 Å². The molecule has 1 N–H and O–H groups in total. The second kappa shape index (κ2) is 9.30. The Labute approximate surface area is 229 Å². The third-order valence-electron chi connectivity index (χ3n) is 8.12. The van der Waals surface area contributed by atoms with Gasteiger partial charge in [-0.3, -0.25) is 9.59 Å². The first-order valence-electron chi connectivity index (χ1n) is 13.4. The molecular formula is C29H29N7O2S. The number of nitrogens with zero attached hydrogens (tertiary/aromatic N) is 6. The van der Waals surface area contributed by atoms with Crippen molar-refractivity contribution in [2.45, 2.75) is 39.3 Å². The predicted molar refractivity (Wildman–Crippen MR) is 153 cm³/mol. The normalized spacial score (nSPS) is 18.5. The topological polar surface area (TPSA) is 97.9 Å². The maximum Gasteiger partial charge on any atom is 0.275 e. The molecule has 6 heterocycles. The lowest BCUT2D eigenvalue weighted by Crippen LogP contribution is -2.47. The van der Waals surface area contributed by atoms with E-state index in [0.717, 1.165) is 52.4 Å². The van der Waals surface area contributed by atoms with Gasteiger partial charge in [-0.05, 0) is 49.9 Å². The molecule has 2 bridgehead atoms. The number of rotatable bonds is 5. The number of nitrogens with one attached hydrogen (secondary N) is 1. The summed E-state index contributed by atoms with van der Waals surface area (Å²) in [6, 6.07) is 16.0. The van der Waals surface area contributed by atoms with Crippen molar-refractivity contribution in [3.63, 3.8) is 0 Å². The van der Waals surface area contributed by atoms with Gasteiger partial charge < -0.3 is 19.4 Å². The summed E-state index contributed by atoms with van der Waals surface area (Å²) >= 11 is 1.27. The van der Waals surface area contributed by atoms with Crippen molar-refractivity contribution < 1.29 is 4.79 Å². The van der Waals surface area contributed by atoms with E-state index in [0.29, 0.717) is 31.2 Å². The standard InChI is InChI=1S/C29H29N7O2S/c1-17-12-18(2)31-27-25(17)21-6-3-4-7-23(21)35(27)11-10-30-28(38)26-29(39-33-32-26)34-14-19-13-20(16-34)22-8-5-9-24(37)36(22)15-19/h3-9,12,19-20H,10-11,13-16H2,1-2H3,(H,30,38)/t19-,20+/m1/s1. The van der Waals surface area contributed by atoms with E-state index in [1.807, 2.05) is 23.6 Å². The van der Waals surface area contributed by atoms with Crippen LogP contribution in [-0.4, -0.2) is 49.2 Å². The van der Waals surface area contributed by atoms with Crippen molar-refractivity contribution in [2.75, 3.05) is 24.5 Å². The molecule has 4 aromatic heterocycles. The van der Waals surface area contributed by atoms with Gasteiger partial charge >= 0.3 is 0 Å². The molecule has 10 heteroatoms. The zero-order chi connectivity index (χ0) is 26.7. The van der Waals surface area contributed by atoms with Crippen LogP contribution in [0.4, 0.5) is 5.00 Å². The summed E-state index contributed by atoms with van der Waals surface area (Å²) in [5.41, 5.74) is 5.75. The minimum atomic E-state index is -0.216. The third-order valence-corrected chi connectivity index (χ3v) is 8.91. The number of fused-ring (bicyclic) bond motifs is 7. The molecule has 1 amide bonds. The van der Waals surface area contributed by atoms with Crippen LogP contribution in [0.2, 0.25) is 0 Å². The Bertz CT molecular complexity index is 1800. The number of aromatic nitrogens is 5. The maximum absolute atomic E-state index is 13.3. The molecule has 39 heavy (non-hydrogen) atoms. The summed E-state index contributed by atoms with van der Waals surface area (Å²) < 4.78 is 8.26. The molecule has 0 radical (unpaired) electrons. The number of para-hydroxylation sites is 1. The Morgan fingerprint density at radius 1 is 1.10 bits per heavy atom. The molecule has 1 aromatic carbocycles. The van der Waals surface area contributed by atoms with Crippen molar-refractivity contribution in [1.29, 1.82) is 0 Å². The number of amides is 1. The van der Waals surface area contributed by atoms with E-state index < -0.39 is 0 Å². The molecule has 198 valence electrons. The summed E-state index contributed by atoms with van der Waals surface area (Å²) in [5.74, 6) is 0.385. The minimum Gasteiger partial charge on any atom is -0.359 e. The Hall–Kier alpha value is -4.05. The second-order valence-electron chi connectivity index (χ2n) is 10.7. The number of carbonyl (C=O) groups is 1. The van der Waals surface area contributed by atoms with Gasteiger partial charge in [0.1, 0.15) is 10.6 Å². The maximum atomic E-state index is 13.3. The average molecular weight is 540 g/mol.